The molecule has 0 amide bonds. The summed E-state index contributed by atoms with van der Waals surface area (Å²) in [5.41, 5.74) is 7.81. The van der Waals surface area contributed by atoms with Crippen molar-refractivity contribution in [3.63, 3.8) is 0 Å². The number of rotatable bonds is 3. The van der Waals surface area contributed by atoms with Crippen molar-refractivity contribution in [2.24, 2.45) is 0 Å². The van der Waals surface area contributed by atoms with Gasteiger partial charge < -0.3 is 11.1 Å². The van der Waals surface area contributed by atoms with Crippen molar-refractivity contribution in [3.8, 4) is 11.5 Å². The first-order chi connectivity index (χ1) is 12.9. The standard InChI is InChI=1S/C18H13ClF2N6/c1-9-15(27-8-11(20)4-7-13(27)23-9)18-25-16(22)14(21)17(26-18)24-12-5-2-10(19)3-6-12/h2-8H,1H3,(H3,22,24,25,26). The molecule has 4 aromatic rings. The van der Waals surface area contributed by atoms with Gasteiger partial charge in [-0.2, -0.15) is 4.39 Å². The second-order valence-electron chi connectivity index (χ2n) is 5.85. The molecule has 6 nitrogen and oxygen atoms in total. The van der Waals surface area contributed by atoms with Crippen LogP contribution in [0.4, 0.5) is 26.1 Å². The highest BCUT2D eigenvalue weighted by atomic mass is 35.5. The minimum absolute atomic E-state index is 0.106. The topological polar surface area (TPSA) is 81.1 Å². The number of pyridine rings is 1. The van der Waals surface area contributed by atoms with Gasteiger partial charge in [-0.1, -0.05) is 11.6 Å². The van der Waals surface area contributed by atoms with Gasteiger partial charge in [-0.25, -0.2) is 19.3 Å². The number of imidazole rings is 1. The molecule has 0 fully saturated rings. The maximum Gasteiger partial charge on any atom is 0.207 e. The van der Waals surface area contributed by atoms with Crippen LogP contribution in [0.5, 0.6) is 0 Å². The predicted molar refractivity (Wildman–Crippen MR) is 100 cm³/mol. The summed E-state index contributed by atoms with van der Waals surface area (Å²) in [6, 6.07) is 9.50. The van der Waals surface area contributed by atoms with E-state index in [0.717, 1.165) is 0 Å². The van der Waals surface area contributed by atoms with E-state index in [1.807, 2.05) is 0 Å². The predicted octanol–water partition coefficient (Wildman–Crippen LogP) is 4.36. The van der Waals surface area contributed by atoms with E-state index in [1.54, 1.807) is 31.2 Å². The molecule has 0 radical (unpaired) electrons. The highest BCUT2D eigenvalue weighted by Gasteiger charge is 2.19. The van der Waals surface area contributed by atoms with Crippen LogP contribution < -0.4 is 11.1 Å². The van der Waals surface area contributed by atoms with E-state index in [9.17, 15) is 8.78 Å². The monoisotopic (exact) mass is 386 g/mol. The summed E-state index contributed by atoms with van der Waals surface area (Å²) in [6.07, 6.45) is 1.26. The molecular weight excluding hydrogens is 374 g/mol. The van der Waals surface area contributed by atoms with Crippen LogP contribution in [0.2, 0.25) is 5.02 Å². The number of hydrogen-bond donors (Lipinski definition) is 2. The van der Waals surface area contributed by atoms with Gasteiger partial charge in [0.25, 0.3) is 0 Å². The summed E-state index contributed by atoms with van der Waals surface area (Å²) < 4.78 is 29.6. The van der Waals surface area contributed by atoms with E-state index in [4.69, 9.17) is 17.3 Å². The molecule has 0 bridgehead atoms. The molecule has 0 unspecified atom stereocenters. The van der Waals surface area contributed by atoms with Crippen molar-refractivity contribution in [3.05, 3.63) is 64.9 Å². The summed E-state index contributed by atoms with van der Waals surface area (Å²) in [5.74, 6) is -1.55. The Morgan fingerprint density at radius 1 is 1.04 bits per heavy atom. The van der Waals surface area contributed by atoms with Gasteiger partial charge in [0, 0.05) is 16.9 Å². The van der Waals surface area contributed by atoms with Gasteiger partial charge in [0.2, 0.25) is 5.82 Å². The largest absolute Gasteiger partial charge is 0.381 e. The number of aromatic nitrogens is 4. The zero-order valence-corrected chi connectivity index (χ0v) is 14.8. The van der Waals surface area contributed by atoms with Crippen LogP contribution in [0.15, 0.2) is 42.6 Å². The first-order valence-electron chi connectivity index (χ1n) is 7.92. The molecule has 4 rings (SSSR count). The summed E-state index contributed by atoms with van der Waals surface area (Å²) in [5, 5.41) is 3.40. The number of nitrogens with one attached hydrogen (secondary N) is 1. The molecule has 0 aliphatic rings. The molecular formula is C18H13ClF2N6. The fourth-order valence-corrected chi connectivity index (χ4v) is 2.85. The Morgan fingerprint density at radius 2 is 1.78 bits per heavy atom. The number of halogens is 3. The van der Waals surface area contributed by atoms with Crippen molar-refractivity contribution in [2.45, 2.75) is 6.92 Å². The maximum atomic E-state index is 14.4. The number of anilines is 3. The van der Waals surface area contributed by atoms with Crippen LogP contribution in [0.1, 0.15) is 5.69 Å². The van der Waals surface area contributed by atoms with Gasteiger partial charge in [0.05, 0.1) is 5.69 Å². The zero-order chi connectivity index (χ0) is 19.1. The molecule has 9 heteroatoms. The van der Waals surface area contributed by atoms with E-state index in [-0.39, 0.29) is 17.5 Å². The van der Waals surface area contributed by atoms with Crippen molar-refractivity contribution in [1.82, 2.24) is 19.4 Å². The highest BCUT2D eigenvalue weighted by molar-refractivity contribution is 6.30. The Labute approximate surface area is 157 Å². The molecule has 0 atom stereocenters. The summed E-state index contributed by atoms with van der Waals surface area (Å²) in [7, 11) is 0. The average Bonchev–Trinajstić information content (AvgIpc) is 2.95. The first kappa shape index (κ1) is 17.2. The lowest BCUT2D eigenvalue weighted by molar-refractivity contribution is 0.619. The van der Waals surface area contributed by atoms with Gasteiger partial charge in [-0.05, 0) is 43.3 Å². The molecule has 3 N–H and O–H groups in total. The molecule has 0 aliphatic carbocycles. The fraction of sp³-hybridized carbons (Fsp3) is 0.0556. The van der Waals surface area contributed by atoms with E-state index in [1.165, 1.54) is 22.7 Å². The smallest absolute Gasteiger partial charge is 0.207 e. The summed E-state index contributed by atoms with van der Waals surface area (Å²) in [4.78, 5) is 12.6. The normalized spacial score (nSPS) is 11.1. The van der Waals surface area contributed by atoms with Gasteiger partial charge in [0.15, 0.2) is 17.5 Å². The Balaban J connectivity index is 1.85. The lowest BCUT2D eigenvalue weighted by Gasteiger charge is -2.10. The number of hydrogen-bond acceptors (Lipinski definition) is 5. The van der Waals surface area contributed by atoms with Crippen LogP contribution in [0.25, 0.3) is 17.2 Å². The van der Waals surface area contributed by atoms with Gasteiger partial charge in [-0.15, -0.1) is 0 Å². The molecule has 0 saturated heterocycles. The number of benzene rings is 1. The molecule has 27 heavy (non-hydrogen) atoms. The highest BCUT2D eigenvalue weighted by Crippen LogP contribution is 2.28. The third kappa shape index (κ3) is 3.15. The Bertz CT molecular complexity index is 1160. The van der Waals surface area contributed by atoms with Crippen molar-refractivity contribution in [2.75, 3.05) is 11.1 Å². The second-order valence-corrected chi connectivity index (χ2v) is 6.28. The third-order valence-electron chi connectivity index (χ3n) is 3.95. The van der Waals surface area contributed by atoms with Crippen molar-refractivity contribution >= 4 is 34.6 Å². The van der Waals surface area contributed by atoms with Gasteiger partial charge in [-0.3, -0.25) is 4.40 Å². The quantitative estimate of drug-likeness (QED) is 0.547. The van der Waals surface area contributed by atoms with E-state index >= 15 is 0 Å². The number of nitrogens with two attached hydrogens (primary N) is 1. The molecule has 0 spiro atoms. The minimum Gasteiger partial charge on any atom is -0.381 e. The number of fused-ring (bicyclic) bond motifs is 1. The lowest BCUT2D eigenvalue weighted by atomic mass is 10.3. The van der Waals surface area contributed by atoms with E-state index in [0.29, 0.717) is 27.7 Å². The average molecular weight is 387 g/mol. The summed E-state index contributed by atoms with van der Waals surface area (Å²) in [6.45, 7) is 1.73. The zero-order valence-electron chi connectivity index (χ0n) is 14.0. The van der Waals surface area contributed by atoms with Crippen molar-refractivity contribution in [1.29, 1.82) is 0 Å². The molecule has 1 aromatic carbocycles. The SMILES string of the molecule is Cc1nc2ccc(F)cn2c1-c1nc(N)c(F)c(Nc2ccc(Cl)cc2)n1. The van der Waals surface area contributed by atoms with Crippen LogP contribution in [0.3, 0.4) is 0 Å². The van der Waals surface area contributed by atoms with Crippen molar-refractivity contribution < 1.29 is 8.78 Å². The van der Waals surface area contributed by atoms with Crippen LogP contribution in [-0.4, -0.2) is 19.4 Å². The number of aryl methyl sites for hydroxylation is 1. The minimum atomic E-state index is -0.786. The van der Waals surface area contributed by atoms with Crippen LogP contribution in [0, 0.1) is 18.6 Å². The molecule has 3 aromatic heterocycles. The number of nitrogen functional groups attached to an aromatic ring is 1. The van der Waals surface area contributed by atoms with E-state index < -0.39 is 11.6 Å². The lowest BCUT2D eigenvalue weighted by Crippen LogP contribution is -2.07. The molecule has 136 valence electrons. The Morgan fingerprint density at radius 3 is 2.52 bits per heavy atom. The Kier molecular flexibility index (Phi) is 4.12. The van der Waals surface area contributed by atoms with Crippen LogP contribution >= 0.6 is 11.6 Å². The number of nitrogens with zero attached hydrogens (tertiary/aromatic N) is 4. The van der Waals surface area contributed by atoms with Gasteiger partial charge >= 0.3 is 0 Å². The first-order valence-corrected chi connectivity index (χ1v) is 8.30. The molecule has 0 saturated carbocycles. The van der Waals surface area contributed by atoms with E-state index in [2.05, 4.69) is 20.3 Å². The molecule has 0 aliphatic heterocycles. The Hall–Kier alpha value is -3.26. The second kappa shape index (κ2) is 6.48. The third-order valence-corrected chi connectivity index (χ3v) is 4.20. The van der Waals surface area contributed by atoms with Gasteiger partial charge in [0.1, 0.15) is 17.2 Å². The van der Waals surface area contributed by atoms with Crippen LogP contribution in [-0.2, 0) is 0 Å². The maximum absolute atomic E-state index is 14.4. The summed E-state index contributed by atoms with van der Waals surface area (Å²) >= 11 is 5.86. The molecule has 3 heterocycles. The fourth-order valence-electron chi connectivity index (χ4n) is 2.73.